The molecule has 0 saturated carbocycles. The van der Waals surface area contributed by atoms with Crippen LogP contribution in [0.25, 0.3) is 0 Å². The number of carboxylic acids is 1. The molecule has 0 radical (unpaired) electrons. The number of carboxylic acid groups (broad SMARTS) is 1. The Balaban J connectivity index is 2.21. The molecule has 1 aromatic carbocycles. The standard InChI is InChI=1S/C16H17Cl2NO3/c1-8-5-11(12(16(21)22)6-9(8)2)15(20)19-14-4-3-10(17)7-13(14)18/h3-4,7,11-12H,5-6H2,1-2H3,(H,19,20)(H,21,22). The number of amides is 1. The average molecular weight is 342 g/mol. The highest BCUT2D eigenvalue weighted by molar-refractivity contribution is 6.36. The Labute approximate surface area is 139 Å². The van der Waals surface area contributed by atoms with Gasteiger partial charge in [0, 0.05) is 5.02 Å². The smallest absolute Gasteiger partial charge is 0.307 e. The van der Waals surface area contributed by atoms with E-state index >= 15 is 0 Å². The molecule has 0 bridgehead atoms. The van der Waals surface area contributed by atoms with Gasteiger partial charge in [0.1, 0.15) is 0 Å². The quantitative estimate of drug-likeness (QED) is 0.801. The van der Waals surface area contributed by atoms with Gasteiger partial charge in [-0.15, -0.1) is 0 Å². The van der Waals surface area contributed by atoms with E-state index in [1.165, 1.54) is 6.07 Å². The molecular formula is C16H17Cl2NO3. The molecule has 2 N–H and O–H groups in total. The molecule has 4 nitrogen and oxygen atoms in total. The third-order valence-electron chi connectivity index (χ3n) is 4.11. The second kappa shape index (κ2) is 6.71. The van der Waals surface area contributed by atoms with Crippen molar-refractivity contribution in [3.8, 4) is 0 Å². The number of hydrogen-bond acceptors (Lipinski definition) is 2. The van der Waals surface area contributed by atoms with Gasteiger partial charge in [-0.05, 0) is 44.9 Å². The fraction of sp³-hybridized carbons (Fsp3) is 0.375. The van der Waals surface area contributed by atoms with E-state index in [1.807, 2.05) is 13.8 Å². The summed E-state index contributed by atoms with van der Waals surface area (Å²) in [6.45, 7) is 3.85. The van der Waals surface area contributed by atoms with Crippen LogP contribution < -0.4 is 5.32 Å². The lowest BCUT2D eigenvalue weighted by Gasteiger charge is -2.29. The molecule has 2 atom stereocenters. The second-order valence-corrected chi connectivity index (χ2v) is 6.48. The molecule has 1 amide bonds. The minimum atomic E-state index is -0.950. The monoisotopic (exact) mass is 341 g/mol. The van der Waals surface area contributed by atoms with Gasteiger partial charge in [0.2, 0.25) is 5.91 Å². The fourth-order valence-electron chi connectivity index (χ4n) is 2.64. The predicted octanol–water partition coefficient (Wildman–Crippen LogP) is 4.38. The summed E-state index contributed by atoms with van der Waals surface area (Å²) in [6, 6.07) is 4.76. The van der Waals surface area contributed by atoms with Crippen molar-refractivity contribution >= 4 is 40.8 Å². The van der Waals surface area contributed by atoms with Crippen LogP contribution in [0.1, 0.15) is 26.7 Å². The zero-order valence-corrected chi connectivity index (χ0v) is 13.8. The lowest BCUT2D eigenvalue weighted by atomic mass is 9.76. The third-order valence-corrected chi connectivity index (χ3v) is 4.66. The number of allylic oxidation sites excluding steroid dienone is 2. The number of hydrogen-bond donors (Lipinski definition) is 2. The summed E-state index contributed by atoms with van der Waals surface area (Å²) >= 11 is 11.9. The highest BCUT2D eigenvalue weighted by atomic mass is 35.5. The molecule has 118 valence electrons. The summed E-state index contributed by atoms with van der Waals surface area (Å²) in [7, 11) is 0. The zero-order chi connectivity index (χ0) is 16.4. The first-order valence-corrected chi connectivity index (χ1v) is 7.69. The summed E-state index contributed by atoms with van der Waals surface area (Å²) in [5, 5.41) is 12.9. The third kappa shape index (κ3) is 3.62. The Hall–Kier alpha value is -1.52. The number of anilines is 1. The molecule has 0 spiro atoms. The highest BCUT2D eigenvalue weighted by Gasteiger charge is 2.37. The summed E-state index contributed by atoms with van der Waals surface area (Å²) in [5.74, 6) is -2.60. The zero-order valence-electron chi connectivity index (χ0n) is 12.3. The Bertz CT molecular complexity index is 655. The van der Waals surface area contributed by atoms with Crippen LogP contribution in [0.5, 0.6) is 0 Å². The average Bonchev–Trinajstić information content (AvgIpc) is 2.44. The van der Waals surface area contributed by atoms with Crippen LogP contribution in [0.4, 0.5) is 5.69 Å². The van der Waals surface area contributed by atoms with Crippen molar-refractivity contribution in [3.05, 3.63) is 39.4 Å². The molecular weight excluding hydrogens is 325 g/mol. The van der Waals surface area contributed by atoms with Crippen molar-refractivity contribution < 1.29 is 14.7 Å². The van der Waals surface area contributed by atoms with E-state index in [0.29, 0.717) is 28.6 Å². The minimum Gasteiger partial charge on any atom is -0.481 e. The number of nitrogens with one attached hydrogen (secondary N) is 1. The Morgan fingerprint density at radius 3 is 2.27 bits per heavy atom. The van der Waals surface area contributed by atoms with Crippen molar-refractivity contribution in [1.82, 2.24) is 0 Å². The second-order valence-electron chi connectivity index (χ2n) is 5.63. The lowest BCUT2D eigenvalue weighted by Crippen LogP contribution is -2.36. The van der Waals surface area contributed by atoms with Crippen molar-refractivity contribution in [2.24, 2.45) is 11.8 Å². The number of carbonyl (C=O) groups is 2. The van der Waals surface area contributed by atoms with E-state index in [4.69, 9.17) is 23.2 Å². The van der Waals surface area contributed by atoms with E-state index in [0.717, 1.165) is 11.1 Å². The van der Waals surface area contributed by atoms with Crippen molar-refractivity contribution in [2.75, 3.05) is 5.32 Å². The van der Waals surface area contributed by atoms with Gasteiger partial charge in [-0.1, -0.05) is 34.3 Å². The first kappa shape index (κ1) is 16.8. The summed E-state index contributed by atoms with van der Waals surface area (Å²) < 4.78 is 0. The lowest BCUT2D eigenvalue weighted by molar-refractivity contribution is -0.146. The largest absolute Gasteiger partial charge is 0.481 e. The molecule has 2 unspecified atom stereocenters. The summed E-state index contributed by atoms with van der Waals surface area (Å²) in [5.41, 5.74) is 2.55. The maximum absolute atomic E-state index is 12.5. The van der Waals surface area contributed by atoms with E-state index in [1.54, 1.807) is 12.1 Å². The van der Waals surface area contributed by atoms with Crippen LogP contribution in [-0.2, 0) is 9.59 Å². The Morgan fingerprint density at radius 2 is 1.73 bits per heavy atom. The molecule has 1 aromatic rings. The number of benzene rings is 1. The topological polar surface area (TPSA) is 66.4 Å². The predicted molar refractivity (Wildman–Crippen MR) is 87.3 cm³/mol. The van der Waals surface area contributed by atoms with Gasteiger partial charge < -0.3 is 10.4 Å². The van der Waals surface area contributed by atoms with E-state index in [2.05, 4.69) is 5.32 Å². The van der Waals surface area contributed by atoms with Gasteiger partial charge in [0.25, 0.3) is 0 Å². The molecule has 22 heavy (non-hydrogen) atoms. The summed E-state index contributed by atoms with van der Waals surface area (Å²) in [4.78, 5) is 23.9. The molecule has 0 aliphatic heterocycles. The first-order chi connectivity index (χ1) is 10.3. The molecule has 0 saturated heterocycles. The molecule has 0 heterocycles. The number of rotatable bonds is 3. The van der Waals surface area contributed by atoms with Crippen LogP contribution >= 0.6 is 23.2 Å². The maximum Gasteiger partial charge on any atom is 0.307 e. The van der Waals surface area contributed by atoms with Crippen LogP contribution in [0.3, 0.4) is 0 Å². The molecule has 0 aromatic heterocycles. The Morgan fingerprint density at radius 1 is 1.14 bits per heavy atom. The van der Waals surface area contributed by atoms with Gasteiger partial charge in [0.05, 0.1) is 22.5 Å². The van der Waals surface area contributed by atoms with Crippen LogP contribution in [-0.4, -0.2) is 17.0 Å². The van der Waals surface area contributed by atoms with Gasteiger partial charge in [-0.3, -0.25) is 9.59 Å². The highest BCUT2D eigenvalue weighted by Crippen LogP contribution is 2.35. The van der Waals surface area contributed by atoms with Crippen molar-refractivity contribution in [1.29, 1.82) is 0 Å². The van der Waals surface area contributed by atoms with Crippen molar-refractivity contribution in [3.63, 3.8) is 0 Å². The van der Waals surface area contributed by atoms with Gasteiger partial charge >= 0.3 is 5.97 Å². The molecule has 0 fully saturated rings. The normalized spacial score (nSPS) is 21.6. The summed E-state index contributed by atoms with van der Waals surface area (Å²) in [6.07, 6.45) is 0.841. The van der Waals surface area contributed by atoms with E-state index in [9.17, 15) is 14.7 Å². The van der Waals surface area contributed by atoms with E-state index in [-0.39, 0.29) is 5.91 Å². The van der Waals surface area contributed by atoms with Gasteiger partial charge in [-0.25, -0.2) is 0 Å². The maximum atomic E-state index is 12.5. The molecule has 6 heteroatoms. The Kier molecular flexibility index (Phi) is 5.14. The molecule has 2 rings (SSSR count). The minimum absolute atomic E-state index is 0.326. The first-order valence-electron chi connectivity index (χ1n) is 6.93. The molecule has 1 aliphatic rings. The van der Waals surface area contributed by atoms with Crippen LogP contribution in [0, 0.1) is 11.8 Å². The van der Waals surface area contributed by atoms with E-state index < -0.39 is 17.8 Å². The fourth-order valence-corrected chi connectivity index (χ4v) is 3.10. The SMILES string of the molecule is CC1=C(C)CC(C(=O)Nc2ccc(Cl)cc2Cl)C(C(=O)O)C1. The number of aliphatic carboxylic acids is 1. The van der Waals surface area contributed by atoms with Crippen LogP contribution in [0.15, 0.2) is 29.3 Å². The molecule has 1 aliphatic carbocycles. The van der Waals surface area contributed by atoms with Gasteiger partial charge in [-0.2, -0.15) is 0 Å². The number of halogens is 2. The van der Waals surface area contributed by atoms with Crippen molar-refractivity contribution in [2.45, 2.75) is 26.7 Å². The van der Waals surface area contributed by atoms with Gasteiger partial charge in [0.15, 0.2) is 0 Å². The number of carbonyl (C=O) groups excluding carboxylic acids is 1. The van der Waals surface area contributed by atoms with Crippen LogP contribution in [0.2, 0.25) is 10.0 Å².